The summed E-state index contributed by atoms with van der Waals surface area (Å²) >= 11 is 5.94. The van der Waals surface area contributed by atoms with Crippen LogP contribution in [0.3, 0.4) is 0 Å². The summed E-state index contributed by atoms with van der Waals surface area (Å²) < 4.78 is 0. The molecule has 1 aromatic carbocycles. The van der Waals surface area contributed by atoms with Crippen molar-refractivity contribution in [3.8, 4) is 0 Å². The van der Waals surface area contributed by atoms with Gasteiger partial charge in [0.05, 0.1) is 0 Å². The van der Waals surface area contributed by atoms with E-state index in [2.05, 4.69) is 18.7 Å². The molecule has 0 aromatic heterocycles. The summed E-state index contributed by atoms with van der Waals surface area (Å²) in [5, 5.41) is 8.17. The summed E-state index contributed by atoms with van der Waals surface area (Å²) in [5.41, 5.74) is 7.19. The maximum atomic E-state index is 7.50. The summed E-state index contributed by atoms with van der Waals surface area (Å²) in [6.45, 7) is 5.87. The molecule has 0 amide bonds. The van der Waals surface area contributed by atoms with Crippen LogP contribution in [0, 0.1) is 5.41 Å². The summed E-state index contributed by atoms with van der Waals surface area (Å²) in [5.74, 6) is 0.0774. The van der Waals surface area contributed by atoms with Gasteiger partial charge in [0.1, 0.15) is 5.84 Å². The highest BCUT2D eigenvalue weighted by molar-refractivity contribution is 6.31. The van der Waals surface area contributed by atoms with E-state index >= 15 is 0 Å². The number of hydrogen-bond donors (Lipinski definition) is 2. The Labute approximate surface area is 95.3 Å². The van der Waals surface area contributed by atoms with Crippen LogP contribution in [-0.2, 0) is 0 Å². The second-order valence-corrected chi connectivity index (χ2v) is 3.68. The van der Waals surface area contributed by atoms with Crippen LogP contribution in [0.4, 0.5) is 5.69 Å². The third-order valence-electron chi connectivity index (χ3n) is 2.35. The van der Waals surface area contributed by atoms with Gasteiger partial charge < -0.3 is 10.6 Å². The van der Waals surface area contributed by atoms with Crippen molar-refractivity contribution in [1.29, 1.82) is 5.41 Å². The van der Waals surface area contributed by atoms with Gasteiger partial charge in [0.15, 0.2) is 0 Å². The van der Waals surface area contributed by atoms with Crippen LogP contribution >= 0.6 is 11.6 Å². The predicted molar refractivity (Wildman–Crippen MR) is 66.0 cm³/mol. The molecule has 0 heterocycles. The minimum atomic E-state index is 0.0774. The Morgan fingerprint density at radius 3 is 2.47 bits per heavy atom. The van der Waals surface area contributed by atoms with Crippen molar-refractivity contribution in [3.63, 3.8) is 0 Å². The molecule has 82 valence electrons. The van der Waals surface area contributed by atoms with Crippen molar-refractivity contribution >= 4 is 23.1 Å². The highest BCUT2D eigenvalue weighted by atomic mass is 35.5. The van der Waals surface area contributed by atoms with E-state index in [1.807, 2.05) is 6.07 Å². The zero-order chi connectivity index (χ0) is 11.4. The highest BCUT2D eigenvalue weighted by Crippen LogP contribution is 2.24. The van der Waals surface area contributed by atoms with Gasteiger partial charge in [-0.2, -0.15) is 0 Å². The van der Waals surface area contributed by atoms with E-state index in [1.54, 1.807) is 12.1 Å². The standard InChI is InChI=1S/C11H16ClN3/c1-3-15(4-2)10-7-8(12)5-6-9(10)11(13)14/h5-7H,3-4H2,1-2H3,(H3,13,14). The van der Waals surface area contributed by atoms with E-state index in [1.165, 1.54) is 0 Å². The molecule has 1 aromatic rings. The third kappa shape index (κ3) is 2.63. The van der Waals surface area contributed by atoms with Gasteiger partial charge in [-0.05, 0) is 32.0 Å². The average Bonchev–Trinajstić information content (AvgIpc) is 2.19. The first-order valence-corrected chi connectivity index (χ1v) is 5.36. The smallest absolute Gasteiger partial charge is 0.124 e. The van der Waals surface area contributed by atoms with E-state index in [4.69, 9.17) is 22.7 Å². The Morgan fingerprint density at radius 1 is 1.40 bits per heavy atom. The molecule has 1 rings (SSSR count). The monoisotopic (exact) mass is 225 g/mol. The van der Waals surface area contributed by atoms with Crippen molar-refractivity contribution in [2.75, 3.05) is 18.0 Å². The first-order chi connectivity index (χ1) is 7.10. The van der Waals surface area contributed by atoms with Crippen LogP contribution in [-0.4, -0.2) is 18.9 Å². The van der Waals surface area contributed by atoms with E-state index < -0.39 is 0 Å². The summed E-state index contributed by atoms with van der Waals surface area (Å²) in [4.78, 5) is 2.13. The summed E-state index contributed by atoms with van der Waals surface area (Å²) in [6, 6.07) is 5.40. The summed E-state index contributed by atoms with van der Waals surface area (Å²) in [7, 11) is 0. The van der Waals surface area contributed by atoms with Crippen LogP contribution < -0.4 is 10.6 Å². The molecule has 0 unspecified atom stereocenters. The van der Waals surface area contributed by atoms with Crippen molar-refractivity contribution in [1.82, 2.24) is 0 Å². The number of halogens is 1. The molecule has 0 saturated carbocycles. The Kier molecular flexibility index (Phi) is 3.97. The third-order valence-corrected chi connectivity index (χ3v) is 2.59. The molecular weight excluding hydrogens is 210 g/mol. The molecule has 0 aliphatic rings. The molecule has 0 aliphatic heterocycles. The fourth-order valence-electron chi connectivity index (χ4n) is 1.56. The van der Waals surface area contributed by atoms with Crippen molar-refractivity contribution < 1.29 is 0 Å². The van der Waals surface area contributed by atoms with Gasteiger partial charge in [-0.1, -0.05) is 11.6 Å². The van der Waals surface area contributed by atoms with Crippen LogP contribution in [0.25, 0.3) is 0 Å². The Hall–Kier alpha value is -1.22. The zero-order valence-corrected chi connectivity index (χ0v) is 9.80. The van der Waals surface area contributed by atoms with E-state index in [0.717, 1.165) is 24.3 Å². The number of anilines is 1. The second kappa shape index (κ2) is 5.03. The number of benzene rings is 1. The van der Waals surface area contributed by atoms with E-state index in [0.29, 0.717) is 5.02 Å². The number of nitrogens with two attached hydrogens (primary N) is 1. The molecule has 3 nitrogen and oxygen atoms in total. The second-order valence-electron chi connectivity index (χ2n) is 3.25. The van der Waals surface area contributed by atoms with Crippen molar-refractivity contribution in [2.24, 2.45) is 5.73 Å². The number of amidine groups is 1. The Bertz CT molecular complexity index is 359. The summed E-state index contributed by atoms with van der Waals surface area (Å²) in [6.07, 6.45) is 0. The molecular formula is C11H16ClN3. The van der Waals surface area contributed by atoms with Crippen molar-refractivity contribution in [2.45, 2.75) is 13.8 Å². The van der Waals surface area contributed by atoms with Gasteiger partial charge in [-0.3, -0.25) is 5.41 Å². The quantitative estimate of drug-likeness (QED) is 0.611. The Balaban J connectivity index is 3.22. The number of rotatable bonds is 4. The van der Waals surface area contributed by atoms with Gasteiger partial charge in [0.2, 0.25) is 0 Å². The van der Waals surface area contributed by atoms with Gasteiger partial charge in [-0.15, -0.1) is 0 Å². The topological polar surface area (TPSA) is 53.1 Å². The first kappa shape index (κ1) is 11.9. The average molecular weight is 226 g/mol. The van der Waals surface area contributed by atoms with Crippen LogP contribution in [0.1, 0.15) is 19.4 Å². The number of hydrogen-bond acceptors (Lipinski definition) is 2. The molecule has 0 fully saturated rings. The normalized spacial score (nSPS) is 10.1. The van der Waals surface area contributed by atoms with Crippen LogP contribution in [0.15, 0.2) is 18.2 Å². The lowest BCUT2D eigenvalue weighted by Crippen LogP contribution is -2.25. The lowest BCUT2D eigenvalue weighted by atomic mass is 10.1. The number of nitrogens with zero attached hydrogens (tertiary/aromatic N) is 1. The SMILES string of the molecule is CCN(CC)c1cc(Cl)ccc1C(=N)N. The van der Waals surface area contributed by atoms with E-state index in [-0.39, 0.29) is 5.84 Å². The fourth-order valence-corrected chi connectivity index (χ4v) is 1.72. The molecule has 15 heavy (non-hydrogen) atoms. The molecule has 0 bridgehead atoms. The minimum Gasteiger partial charge on any atom is -0.384 e. The molecule has 3 N–H and O–H groups in total. The molecule has 4 heteroatoms. The largest absolute Gasteiger partial charge is 0.384 e. The lowest BCUT2D eigenvalue weighted by molar-refractivity contribution is 0.865. The predicted octanol–water partition coefficient (Wildman–Crippen LogP) is 2.47. The van der Waals surface area contributed by atoms with Crippen LogP contribution in [0.2, 0.25) is 5.02 Å². The zero-order valence-electron chi connectivity index (χ0n) is 9.05. The lowest BCUT2D eigenvalue weighted by Gasteiger charge is -2.23. The van der Waals surface area contributed by atoms with Gasteiger partial charge >= 0.3 is 0 Å². The van der Waals surface area contributed by atoms with E-state index in [9.17, 15) is 0 Å². The van der Waals surface area contributed by atoms with Gasteiger partial charge in [0, 0.05) is 29.4 Å². The molecule has 0 saturated heterocycles. The molecule has 0 aliphatic carbocycles. The minimum absolute atomic E-state index is 0.0774. The maximum absolute atomic E-state index is 7.50. The molecule has 0 atom stereocenters. The highest BCUT2D eigenvalue weighted by Gasteiger charge is 2.10. The number of nitrogen functional groups attached to an aromatic ring is 1. The molecule has 0 spiro atoms. The first-order valence-electron chi connectivity index (χ1n) is 4.99. The molecule has 0 radical (unpaired) electrons. The van der Waals surface area contributed by atoms with Gasteiger partial charge in [0.25, 0.3) is 0 Å². The van der Waals surface area contributed by atoms with Crippen molar-refractivity contribution in [3.05, 3.63) is 28.8 Å². The van der Waals surface area contributed by atoms with Gasteiger partial charge in [-0.25, -0.2) is 0 Å². The number of nitrogens with one attached hydrogen (secondary N) is 1. The fraction of sp³-hybridized carbons (Fsp3) is 0.364. The maximum Gasteiger partial charge on any atom is 0.124 e. The Morgan fingerprint density at radius 2 is 2.00 bits per heavy atom. The van der Waals surface area contributed by atoms with Crippen LogP contribution in [0.5, 0.6) is 0 Å².